The molecule has 328 valence electrons. The lowest BCUT2D eigenvalue weighted by atomic mass is 10.0. The van der Waals surface area contributed by atoms with Crippen molar-refractivity contribution in [3.05, 3.63) is 254 Å². The molecule has 2 heterocycles. The van der Waals surface area contributed by atoms with Gasteiger partial charge in [-0.2, -0.15) is 5.26 Å². The normalized spacial score (nSPS) is 11.5. The van der Waals surface area contributed by atoms with Gasteiger partial charge in [-0.15, -0.1) is 0 Å². The molecule has 70 heavy (non-hydrogen) atoms. The van der Waals surface area contributed by atoms with Gasteiger partial charge in [-0.3, -0.25) is 0 Å². The molecule has 0 radical (unpaired) electrons. The zero-order chi connectivity index (χ0) is 46.7. The number of benzene rings is 11. The Hall–Kier alpha value is -9.70. The van der Waals surface area contributed by atoms with Gasteiger partial charge in [0.1, 0.15) is 0 Å². The minimum atomic E-state index is 0.495. The fraction of sp³-hybridized carbons (Fsp3) is 0. The molecule has 0 spiro atoms. The second-order valence-corrected chi connectivity index (χ2v) is 17.6. The number of nitriles is 1. The second kappa shape index (κ2) is 16.6. The molecule has 11 aromatic carbocycles. The number of anilines is 6. The molecule has 0 saturated heterocycles. The van der Waals surface area contributed by atoms with E-state index in [0.29, 0.717) is 11.1 Å². The standard InChI is InChI=1S/C64H42N6/c65-41-43-37-61(69-57-35-31-50(67(46-19-5-1-6-20-46)47-21-7-2-8-22-47)39-54(57)63-52-27-15-13-17-44(52)29-33-59(63)69)56(42-66)62(38-43)70-58-36-32-51(68(48-23-9-3-10-24-48)49-25-11-4-12-26-49)40-55(58)64-53-28-16-14-18-45(53)30-34-60(64)70/h1-40,42,66H. The molecule has 0 fully saturated rings. The van der Waals surface area contributed by atoms with Crippen molar-refractivity contribution in [2.24, 2.45) is 0 Å². The van der Waals surface area contributed by atoms with E-state index in [9.17, 15) is 10.7 Å². The number of aromatic nitrogens is 2. The summed E-state index contributed by atoms with van der Waals surface area (Å²) in [6.07, 6.45) is 1.46. The maximum absolute atomic E-state index is 11.0. The Morgan fingerprint density at radius 1 is 0.357 bits per heavy atom. The number of para-hydroxylation sites is 4. The van der Waals surface area contributed by atoms with E-state index in [0.717, 1.165) is 111 Å². The third kappa shape index (κ3) is 6.45. The van der Waals surface area contributed by atoms with E-state index in [1.807, 2.05) is 36.4 Å². The molecule has 6 heteroatoms. The molecule has 0 unspecified atom stereocenters. The molecule has 0 saturated carbocycles. The van der Waals surface area contributed by atoms with Crippen LogP contribution in [-0.4, -0.2) is 15.3 Å². The Balaban J connectivity index is 1.10. The Bertz CT molecular complexity index is 3870. The molecule has 0 amide bonds. The van der Waals surface area contributed by atoms with Crippen molar-refractivity contribution in [3.63, 3.8) is 0 Å². The summed E-state index contributed by atoms with van der Waals surface area (Å²) in [6.45, 7) is 0. The van der Waals surface area contributed by atoms with Gasteiger partial charge in [0.05, 0.1) is 45.1 Å². The van der Waals surface area contributed by atoms with Gasteiger partial charge in [-0.05, 0) is 131 Å². The number of fused-ring (bicyclic) bond motifs is 10. The predicted octanol–water partition coefficient (Wildman–Crippen LogP) is 17.0. The van der Waals surface area contributed by atoms with Crippen LogP contribution in [0.3, 0.4) is 0 Å². The quantitative estimate of drug-likeness (QED) is 0.147. The van der Waals surface area contributed by atoms with E-state index >= 15 is 0 Å². The van der Waals surface area contributed by atoms with E-state index in [1.165, 1.54) is 6.21 Å². The van der Waals surface area contributed by atoms with E-state index < -0.39 is 0 Å². The Kier molecular flexibility index (Phi) is 9.60. The highest BCUT2D eigenvalue weighted by Crippen LogP contribution is 2.45. The molecule has 0 aliphatic rings. The van der Waals surface area contributed by atoms with Gasteiger partial charge < -0.3 is 24.3 Å². The summed E-state index contributed by atoms with van der Waals surface area (Å²) in [7, 11) is 0. The van der Waals surface area contributed by atoms with Crippen molar-refractivity contribution in [1.29, 1.82) is 10.7 Å². The monoisotopic (exact) mass is 894 g/mol. The smallest absolute Gasteiger partial charge is 0.0993 e. The summed E-state index contributed by atoms with van der Waals surface area (Å²) in [4.78, 5) is 4.59. The van der Waals surface area contributed by atoms with Crippen LogP contribution in [0.1, 0.15) is 11.1 Å². The first-order chi connectivity index (χ1) is 34.7. The van der Waals surface area contributed by atoms with Crippen molar-refractivity contribution in [2.45, 2.75) is 0 Å². The van der Waals surface area contributed by atoms with Crippen LogP contribution in [-0.2, 0) is 0 Å². The molecule has 0 bridgehead atoms. The van der Waals surface area contributed by atoms with Crippen molar-refractivity contribution >= 4 is 105 Å². The fourth-order valence-corrected chi connectivity index (χ4v) is 10.8. The summed E-state index contributed by atoms with van der Waals surface area (Å²) in [6, 6.07) is 87.5. The van der Waals surface area contributed by atoms with Crippen LogP contribution in [0, 0.1) is 16.7 Å². The first-order valence-electron chi connectivity index (χ1n) is 23.5. The molecule has 6 nitrogen and oxygen atoms in total. The van der Waals surface area contributed by atoms with E-state index in [-0.39, 0.29) is 0 Å². The van der Waals surface area contributed by atoms with Crippen LogP contribution in [0.15, 0.2) is 243 Å². The summed E-state index contributed by atoms with van der Waals surface area (Å²) >= 11 is 0. The van der Waals surface area contributed by atoms with Crippen LogP contribution >= 0.6 is 0 Å². The largest absolute Gasteiger partial charge is 0.310 e. The Morgan fingerprint density at radius 3 is 1.09 bits per heavy atom. The number of nitrogens with zero attached hydrogens (tertiary/aromatic N) is 5. The average Bonchev–Trinajstić information content (AvgIpc) is 3.94. The van der Waals surface area contributed by atoms with Crippen molar-refractivity contribution < 1.29 is 0 Å². The number of rotatable bonds is 9. The highest BCUT2D eigenvalue weighted by Gasteiger charge is 2.25. The lowest BCUT2D eigenvalue weighted by molar-refractivity contribution is 1.12. The lowest BCUT2D eigenvalue weighted by Gasteiger charge is -2.25. The molecular weight excluding hydrogens is 853 g/mol. The SMILES string of the molecule is N#Cc1cc(-n2c3ccc(N(c4ccccc4)c4ccccc4)cc3c3c4ccccc4ccc32)c(C=N)c(-n2c3ccc(N(c4ccccc4)c4ccccc4)cc3c3c4ccccc4ccc32)c1. The summed E-state index contributed by atoms with van der Waals surface area (Å²) in [5, 5.41) is 29.2. The van der Waals surface area contributed by atoms with E-state index in [4.69, 9.17) is 0 Å². The molecule has 13 rings (SSSR count). The second-order valence-electron chi connectivity index (χ2n) is 17.6. The topological polar surface area (TPSA) is 64.0 Å². The maximum Gasteiger partial charge on any atom is 0.0993 e. The summed E-state index contributed by atoms with van der Waals surface area (Å²) in [5.41, 5.74) is 12.9. The Labute approximate surface area is 404 Å². The van der Waals surface area contributed by atoms with Crippen molar-refractivity contribution in [1.82, 2.24) is 9.13 Å². The molecule has 1 N–H and O–H groups in total. The highest BCUT2D eigenvalue weighted by atomic mass is 15.1. The Morgan fingerprint density at radius 2 is 0.714 bits per heavy atom. The highest BCUT2D eigenvalue weighted by molar-refractivity contribution is 6.24. The number of hydrogen-bond donors (Lipinski definition) is 1. The molecule has 0 aliphatic heterocycles. The van der Waals surface area contributed by atoms with Crippen LogP contribution in [0.25, 0.3) is 76.5 Å². The van der Waals surface area contributed by atoms with E-state index in [2.05, 4.69) is 231 Å². The van der Waals surface area contributed by atoms with Gasteiger partial charge in [0.15, 0.2) is 0 Å². The van der Waals surface area contributed by atoms with Gasteiger partial charge in [0, 0.05) is 67.4 Å². The average molecular weight is 895 g/mol. The predicted molar refractivity (Wildman–Crippen MR) is 292 cm³/mol. The summed E-state index contributed by atoms with van der Waals surface area (Å²) in [5.74, 6) is 0. The third-order valence-corrected chi connectivity index (χ3v) is 13.7. The van der Waals surface area contributed by atoms with Gasteiger partial charge in [-0.25, -0.2) is 0 Å². The molecular formula is C64H42N6. The molecule has 2 aromatic heterocycles. The lowest BCUT2D eigenvalue weighted by Crippen LogP contribution is -2.10. The maximum atomic E-state index is 11.0. The summed E-state index contributed by atoms with van der Waals surface area (Å²) < 4.78 is 4.53. The van der Waals surface area contributed by atoms with Crippen LogP contribution < -0.4 is 9.80 Å². The minimum Gasteiger partial charge on any atom is -0.310 e. The van der Waals surface area contributed by atoms with Crippen molar-refractivity contribution in [2.75, 3.05) is 9.80 Å². The van der Waals surface area contributed by atoms with Gasteiger partial charge >= 0.3 is 0 Å². The number of hydrogen-bond acceptors (Lipinski definition) is 4. The number of nitrogens with one attached hydrogen (secondary N) is 1. The van der Waals surface area contributed by atoms with Gasteiger partial charge in [0.2, 0.25) is 0 Å². The first-order valence-corrected chi connectivity index (χ1v) is 23.5. The molecule has 0 atom stereocenters. The van der Waals surface area contributed by atoms with Crippen LogP contribution in [0.2, 0.25) is 0 Å². The zero-order valence-corrected chi connectivity index (χ0v) is 37.9. The van der Waals surface area contributed by atoms with Gasteiger partial charge in [-0.1, -0.05) is 133 Å². The first kappa shape index (κ1) is 40.6. The zero-order valence-electron chi connectivity index (χ0n) is 37.9. The fourth-order valence-electron chi connectivity index (χ4n) is 10.8. The van der Waals surface area contributed by atoms with Crippen LogP contribution in [0.5, 0.6) is 0 Å². The van der Waals surface area contributed by atoms with Gasteiger partial charge in [0.25, 0.3) is 0 Å². The minimum absolute atomic E-state index is 0.495. The van der Waals surface area contributed by atoms with Crippen LogP contribution in [0.4, 0.5) is 34.1 Å². The van der Waals surface area contributed by atoms with Crippen molar-refractivity contribution in [3.8, 4) is 17.4 Å². The third-order valence-electron chi connectivity index (χ3n) is 13.7. The molecule has 0 aliphatic carbocycles. The molecule has 13 aromatic rings. The van der Waals surface area contributed by atoms with E-state index in [1.54, 1.807) is 0 Å².